The first-order valence-corrected chi connectivity index (χ1v) is 4.23. The van der Waals surface area contributed by atoms with Crippen LogP contribution in [0.2, 0.25) is 0 Å². The van der Waals surface area contributed by atoms with Gasteiger partial charge in [-0.05, 0) is 25.5 Å². The van der Waals surface area contributed by atoms with Gasteiger partial charge in [0.2, 0.25) is 0 Å². The van der Waals surface area contributed by atoms with Crippen molar-refractivity contribution in [3.05, 3.63) is 41.9 Å². The monoisotopic (exact) mass is 173 g/mol. The standard InChI is InChI=1S/C11H11NO/c1-8-3-4-9(2)10(5-8)11-6-12-7-13-11/h3-7H,1-2H3. The Balaban J connectivity index is 2.57. The number of hydrogen-bond donors (Lipinski definition) is 0. The molecule has 0 atom stereocenters. The van der Waals surface area contributed by atoms with Gasteiger partial charge in [0.25, 0.3) is 0 Å². The van der Waals surface area contributed by atoms with E-state index in [1.165, 1.54) is 17.5 Å². The molecule has 2 rings (SSSR count). The summed E-state index contributed by atoms with van der Waals surface area (Å²) in [7, 11) is 0. The highest BCUT2D eigenvalue weighted by molar-refractivity contribution is 5.61. The molecule has 0 unspecified atom stereocenters. The van der Waals surface area contributed by atoms with Crippen LogP contribution in [0.5, 0.6) is 0 Å². The van der Waals surface area contributed by atoms with Crippen molar-refractivity contribution in [3.63, 3.8) is 0 Å². The number of hydrogen-bond acceptors (Lipinski definition) is 2. The van der Waals surface area contributed by atoms with E-state index in [0.29, 0.717) is 0 Å². The second-order valence-electron chi connectivity index (χ2n) is 3.18. The van der Waals surface area contributed by atoms with Crippen molar-refractivity contribution in [2.45, 2.75) is 13.8 Å². The Labute approximate surface area is 77.2 Å². The Hall–Kier alpha value is -1.57. The average Bonchev–Trinajstić information content (AvgIpc) is 2.61. The molecular weight excluding hydrogens is 162 g/mol. The number of rotatable bonds is 1. The maximum Gasteiger partial charge on any atom is 0.181 e. The van der Waals surface area contributed by atoms with Crippen LogP contribution < -0.4 is 0 Å². The van der Waals surface area contributed by atoms with E-state index in [-0.39, 0.29) is 0 Å². The summed E-state index contributed by atoms with van der Waals surface area (Å²) in [4.78, 5) is 3.90. The summed E-state index contributed by atoms with van der Waals surface area (Å²) in [6.07, 6.45) is 3.19. The largest absolute Gasteiger partial charge is 0.444 e. The van der Waals surface area contributed by atoms with Crippen molar-refractivity contribution in [1.82, 2.24) is 4.98 Å². The molecule has 2 nitrogen and oxygen atoms in total. The van der Waals surface area contributed by atoms with Gasteiger partial charge < -0.3 is 4.42 Å². The van der Waals surface area contributed by atoms with Gasteiger partial charge in [-0.2, -0.15) is 0 Å². The summed E-state index contributed by atoms with van der Waals surface area (Å²) >= 11 is 0. The van der Waals surface area contributed by atoms with E-state index in [4.69, 9.17) is 4.42 Å². The highest BCUT2D eigenvalue weighted by Crippen LogP contribution is 2.23. The molecule has 0 aliphatic carbocycles. The lowest BCUT2D eigenvalue weighted by Gasteiger charge is -2.02. The van der Waals surface area contributed by atoms with E-state index in [1.54, 1.807) is 6.20 Å². The Morgan fingerprint density at radius 3 is 2.77 bits per heavy atom. The smallest absolute Gasteiger partial charge is 0.181 e. The van der Waals surface area contributed by atoms with Crippen molar-refractivity contribution in [2.75, 3.05) is 0 Å². The van der Waals surface area contributed by atoms with E-state index in [9.17, 15) is 0 Å². The van der Waals surface area contributed by atoms with Gasteiger partial charge >= 0.3 is 0 Å². The van der Waals surface area contributed by atoms with Crippen molar-refractivity contribution < 1.29 is 4.42 Å². The van der Waals surface area contributed by atoms with Gasteiger partial charge in [0.15, 0.2) is 12.2 Å². The van der Waals surface area contributed by atoms with Crippen LogP contribution in [0, 0.1) is 13.8 Å². The van der Waals surface area contributed by atoms with E-state index in [0.717, 1.165) is 11.3 Å². The van der Waals surface area contributed by atoms with Gasteiger partial charge in [-0.25, -0.2) is 4.98 Å². The van der Waals surface area contributed by atoms with Crippen LogP contribution in [0.25, 0.3) is 11.3 Å². The third-order valence-corrected chi connectivity index (χ3v) is 2.09. The molecule has 66 valence electrons. The maximum absolute atomic E-state index is 5.24. The van der Waals surface area contributed by atoms with Crippen LogP contribution in [-0.4, -0.2) is 4.98 Å². The number of oxazole rings is 1. The fourth-order valence-corrected chi connectivity index (χ4v) is 1.35. The number of aryl methyl sites for hydroxylation is 2. The minimum absolute atomic E-state index is 0.834. The van der Waals surface area contributed by atoms with Crippen LogP contribution in [0.15, 0.2) is 35.2 Å². The number of aromatic nitrogens is 1. The quantitative estimate of drug-likeness (QED) is 0.662. The van der Waals surface area contributed by atoms with Crippen molar-refractivity contribution in [1.29, 1.82) is 0 Å². The first kappa shape index (κ1) is 8.05. The summed E-state index contributed by atoms with van der Waals surface area (Å²) in [5, 5.41) is 0. The van der Waals surface area contributed by atoms with Crippen LogP contribution in [0.4, 0.5) is 0 Å². The average molecular weight is 173 g/mol. The summed E-state index contributed by atoms with van der Waals surface area (Å²) < 4.78 is 5.24. The molecule has 0 saturated heterocycles. The lowest BCUT2D eigenvalue weighted by atomic mass is 10.0. The first-order valence-electron chi connectivity index (χ1n) is 4.23. The zero-order chi connectivity index (χ0) is 9.26. The topological polar surface area (TPSA) is 26.0 Å². The van der Waals surface area contributed by atoms with Gasteiger partial charge in [-0.15, -0.1) is 0 Å². The molecule has 1 heterocycles. The SMILES string of the molecule is Cc1ccc(C)c(-c2cnco2)c1. The Kier molecular flexibility index (Phi) is 1.89. The summed E-state index contributed by atoms with van der Waals surface area (Å²) in [6, 6.07) is 6.29. The van der Waals surface area contributed by atoms with Gasteiger partial charge in [-0.1, -0.05) is 17.7 Å². The number of nitrogens with zero attached hydrogens (tertiary/aromatic N) is 1. The highest BCUT2D eigenvalue weighted by Gasteiger charge is 2.04. The minimum Gasteiger partial charge on any atom is -0.444 e. The summed E-state index contributed by atoms with van der Waals surface area (Å²) in [5.41, 5.74) is 3.57. The molecule has 0 spiro atoms. The molecule has 0 N–H and O–H groups in total. The van der Waals surface area contributed by atoms with Crippen molar-refractivity contribution in [3.8, 4) is 11.3 Å². The predicted octanol–water partition coefficient (Wildman–Crippen LogP) is 2.96. The molecule has 1 aromatic heterocycles. The van der Waals surface area contributed by atoms with Gasteiger partial charge in [0.05, 0.1) is 6.20 Å². The molecule has 1 aromatic carbocycles. The van der Waals surface area contributed by atoms with Gasteiger partial charge in [-0.3, -0.25) is 0 Å². The third kappa shape index (κ3) is 1.47. The Morgan fingerprint density at radius 2 is 2.08 bits per heavy atom. The summed E-state index contributed by atoms with van der Waals surface area (Å²) in [5.74, 6) is 0.834. The van der Waals surface area contributed by atoms with Crippen LogP contribution in [0.1, 0.15) is 11.1 Å². The van der Waals surface area contributed by atoms with E-state index < -0.39 is 0 Å². The molecule has 2 heteroatoms. The zero-order valence-corrected chi connectivity index (χ0v) is 7.74. The predicted molar refractivity (Wildman–Crippen MR) is 51.4 cm³/mol. The lowest BCUT2D eigenvalue weighted by molar-refractivity contribution is 0.571. The third-order valence-electron chi connectivity index (χ3n) is 2.09. The Bertz CT molecular complexity index is 404. The molecule has 2 aromatic rings. The van der Waals surface area contributed by atoms with E-state index in [2.05, 4.69) is 37.0 Å². The molecule has 0 amide bonds. The van der Waals surface area contributed by atoms with Crippen LogP contribution >= 0.6 is 0 Å². The normalized spacial score (nSPS) is 10.3. The molecule has 13 heavy (non-hydrogen) atoms. The van der Waals surface area contributed by atoms with E-state index >= 15 is 0 Å². The highest BCUT2D eigenvalue weighted by atomic mass is 16.3. The molecule has 0 radical (unpaired) electrons. The molecule has 0 saturated carbocycles. The van der Waals surface area contributed by atoms with E-state index in [1.807, 2.05) is 0 Å². The second-order valence-corrected chi connectivity index (χ2v) is 3.18. The van der Waals surface area contributed by atoms with Gasteiger partial charge in [0, 0.05) is 5.56 Å². The fraction of sp³-hybridized carbons (Fsp3) is 0.182. The molecule has 0 aliphatic rings. The fourth-order valence-electron chi connectivity index (χ4n) is 1.35. The molecular formula is C11H11NO. The van der Waals surface area contributed by atoms with Crippen molar-refractivity contribution in [2.24, 2.45) is 0 Å². The summed E-state index contributed by atoms with van der Waals surface area (Å²) in [6.45, 7) is 4.14. The Morgan fingerprint density at radius 1 is 1.23 bits per heavy atom. The molecule has 0 aliphatic heterocycles. The first-order chi connectivity index (χ1) is 6.27. The second kappa shape index (κ2) is 3.05. The zero-order valence-electron chi connectivity index (χ0n) is 7.74. The van der Waals surface area contributed by atoms with Crippen LogP contribution in [0.3, 0.4) is 0 Å². The van der Waals surface area contributed by atoms with Crippen molar-refractivity contribution >= 4 is 0 Å². The molecule has 0 fully saturated rings. The maximum atomic E-state index is 5.24. The lowest BCUT2D eigenvalue weighted by Crippen LogP contribution is -1.82. The van der Waals surface area contributed by atoms with Gasteiger partial charge in [0.1, 0.15) is 0 Å². The van der Waals surface area contributed by atoms with Crippen LogP contribution in [-0.2, 0) is 0 Å². The molecule has 0 bridgehead atoms. The number of benzene rings is 1. The minimum atomic E-state index is 0.834.